The van der Waals surface area contributed by atoms with Gasteiger partial charge in [0.15, 0.2) is 11.5 Å². The van der Waals surface area contributed by atoms with E-state index in [9.17, 15) is 4.79 Å². The van der Waals surface area contributed by atoms with Crippen LogP contribution >= 0.6 is 11.6 Å². The van der Waals surface area contributed by atoms with Crippen LogP contribution in [-0.4, -0.2) is 40.8 Å². The summed E-state index contributed by atoms with van der Waals surface area (Å²) in [5.74, 6) is 1.28. The molecule has 3 rings (SSSR count). The number of hydrogen-bond donors (Lipinski definition) is 0. The normalized spacial score (nSPS) is 10.7. The van der Waals surface area contributed by atoms with Crippen molar-refractivity contribution in [3.8, 4) is 11.5 Å². The molecule has 1 amide bonds. The predicted octanol–water partition coefficient (Wildman–Crippen LogP) is 4.65. The fourth-order valence-electron chi connectivity index (χ4n) is 3.18. The van der Waals surface area contributed by atoms with E-state index in [0.29, 0.717) is 48.3 Å². The van der Waals surface area contributed by atoms with Gasteiger partial charge in [0, 0.05) is 24.3 Å². The highest BCUT2D eigenvalue weighted by atomic mass is 35.5. The van der Waals surface area contributed by atoms with Crippen molar-refractivity contribution in [3.05, 3.63) is 76.6 Å². The van der Waals surface area contributed by atoms with Crippen LogP contribution in [0.25, 0.3) is 0 Å². The molecule has 0 aliphatic carbocycles. The Balaban J connectivity index is 1.72. The van der Waals surface area contributed by atoms with E-state index in [0.717, 1.165) is 11.1 Å². The average molecular weight is 428 g/mol. The quantitative estimate of drug-likeness (QED) is 0.498. The summed E-state index contributed by atoms with van der Waals surface area (Å²) in [6.07, 6.45) is 3.35. The van der Waals surface area contributed by atoms with Crippen LogP contribution in [0, 0.1) is 0 Å². The lowest BCUT2D eigenvalue weighted by Crippen LogP contribution is -2.30. The zero-order valence-corrected chi connectivity index (χ0v) is 18.2. The molecule has 30 heavy (non-hydrogen) atoms. The van der Waals surface area contributed by atoms with Gasteiger partial charge >= 0.3 is 0 Å². The number of benzene rings is 2. The van der Waals surface area contributed by atoms with E-state index >= 15 is 0 Å². The molecule has 3 aromatic rings. The van der Waals surface area contributed by atoms with Gasteiger partial charge in [0.2, 0.25) is 0 Å². The minimum Gasteiger partial charge on any atom is -0.493 e. The summed E-state index contributed by atoms with van der Waals surface area (Å²) < 4.78 is 12.7. The summed E-state index contributed by atoms with van der Waals surface area (Å²) in [5.41, 5.74) is 2.46. The Bertz CT molecular complexity index is 1000. The van der Waals surface area contributed by atoms with Crippen molar-refractivity contribution < 1.29 is 14.3 Å². The molecule has 2 aromatic carbocycles. The fraction of sp³-hybridized carbons (Fsp3) is 0.304. The second-order valence-electron chi connectivity index (χ2n) is 6.76. The second-order valence-corrected chi connectivity index (χ2v) is 7.16. The highest BCUT2D eigenvalue weighted by molar-refractivity contribution is 6.31. The first-order chi connectivity index (χ1) is 14.5. The summed E-state index contributed by atoms with van der Waals surface area (Å²) in [6, 6.07) is 13.3. The van der Waals surface area contributed by atoms with Gasteiger partial charge in [-0.05, 0) is 43.2 Å². The third kappa shape index (κ3) is 5.13. The molecule has 0 saturated heterocycles. The van der Waals surface area contributed by atoms with Crippen LogP contribution in [0.5, 0.6) is 11.5 Å². The van der Waals surface area contributed by atoms with Crippen LogP contribution in [0.3, 0.4) is 0 Å². The Labute approximate surface area is 182 Å². The molecule has 1 heterocycles. The number of amides is 1. The average Bonchev–Trinajstić information content (AvgIpc) is 3.23. The Kier molecular flexibility index (Phi) is 7.36. The third-order valence-electron chi connectivity index (χ3n) is 4.74. The summed E-state index contributed by atoms with van der Waals surface area (Å²) in [6.45, 7) is 6.00. The number of aromatic nitrogens is 2. The molecule has 158 valence electrons. The Morgan fingerprint density at radius 2 is 1.97 bits per heavy atom. The van der Waals surface area contributed by atoms with Gasteiger partial charge in [-0.3, -0.25) is 9.48 Å². The molecule has 6 nitrogen and oxygen atoms in total. The van der Waals surface area contributed by atoms with Crippen molar-refractivity contribution in [2.45, 2.75) is 26.9 Å². The molecule has 0 radical (unpaired) electrons. The lowest BCUT2D eigenvalue weighted by Gasteiger charge is -2.21. The van der Waals surface area contributed by atoms with E-state index in [1.165, 1.54) is 0 Å². The zero-order chi connectivity index (χ0) is 21.5. The molecule has 0 aliphatic rings. The number of rotatable bonds is 9. The predicted molar refractivity (Wildman–Crippen MR) is 117 cm³/mol. The number of carbonyl (C=O) groups is 1. The van der Waals surface area contributed by atoms with Crippen LogP contribution in [0.2, 0.25) is 5.02 Å². The van der Waals surface area contributed by atoms with Crippen molar-refractivity contribution in [3.63, 3.8) is 0 Å². The molecular weight excluding hydrogens is 402 g/mol. The molecule has 1 aromatic heterocycles. The van der Waals surface area contributed by atoms with E-state index in [4.69, 9.17) is 21.1 Å². The standard InChI is InChI=1S/C23H26ClN3O3/c1-4-26(14-17-10-11-21(30-5-2)22(12-17)29-3)23(28)19-13-25-27(16-19)15-18-8-6-7-9-20(18)24/h6-13,16H,4-5,14-15H2,1-3H3. The first-order valence-electron chi connectivity index (χ1n) is 9.90. The second kappa shape index (κ2) is 10.2. The largest absolute Gasteiger partial charge is 0.493 e. The summed E-state index contributed by atoms with van der Waals surface area (Å²) in [5, 5.41) is 5.01. The van der Waals surface area contributed by atoms with Gasteiger partial charge in [0.25, 0.3) is 5.91 Å². The van der Waals surface area contributed by atoms with Crippen LogP contribution in [-0.2, 0) is 13.1 Å². The number of halogens is 1. The van der Waals surface area contributed by atoms with Gasteiger partial charge in [0.05, 0.1) is 32.0 Å². The van der Waals surface area contributed by atoms with Crippen LogP contribution < -0.4 is 9.47 Å². The van der Waals surface area contributed by atoms with E-state index in [1.54, 1.807) is 29.1 Å². The monoisotopic (exact) mass is 427 g/mol. The Morgan fingerprint density at radius 3 is 2.67 bits per heavy atom. The zero-order valence-electron chi connectivity index (χ0n) is 17.5. The lowest BCUT2D eigenvalue weighted by molar-refractivity contribution is 0.0752. The smallest absolute Gasteiger partial charge is 0.257 e. The van der Waals surface area contributed by atoms with Crippen LogP contribution in [0.15, 0.2) is 54.9 Å². The molecule has 0 N–H and O–H groups in total. The van der Waals surface area contributed by atoms with Gasteiger partial charge in [-0.2, -0.15) is 5.10 Å². The number of ether oxygens (including phenoxy) is 2. The van der Waals surface area contributed by atoms with Crippen molar-refractivity contribution >= 4 is 17.5 Å². The van der Waals surface area contributed by atoms with Crippen molar-refractivity contribution in [1.82, 2.24) is 14.7 Å². The molecule has 0 atom stereocenters. The number of nitrogens with zero attached hydrogens (tertiary/aromatic N) is 3. The molecule has 0 unspecified atom stereocenters. The maximum absolute atomic E-state index is 13.0. The molecule has 0 bridgehead atoms. The highest BCUT2D eigenvalue weighted by Crippen LogP contribution is 2.28. The van der Waals surface area contributed by atoms with E-state index in [1.807, 2.05) is 56.3 Å². The number of carbonyl (C=O) groups excluding carboxylic acids is 1. The van der Waals surface area contributed by atoms with Crippen LogP contribution in [0.4, 0.5) is 0 Å². The maximum Gasteiger partial charge on any atom is 0.257 e. The maximum atomic E-state index is 13.0. The Hall–Kier alpha value is -2.99. The van der Waals surface area contributed by atoms with E-state index in [-0.39, 0.29) is 5.91 Å². The van der Waals surface area contributed by atoms with E-state index < -0.39 is 0 Å². The first-order valence-corrected chi connectivity index (χ1v) is 10.3. The van der Waals surface area contributed by atoms with E-state index in [2.05, 4.69) is 5.10 Å². The van der Waals surface area contributed by atoms with Crippen LogP contribution in [0.1, 0.15) is 35.3 Å². The number of hydrogen-bond acceptors (Lipinski definition) is 4. The molecular formula is C23H26ClN3O3. The van der Waals surface area contributed by atoms with Gasteiger partial charge in [-0.15, -0.1) is 0 Å². The minimum absolute atomic E-state index is 0.0734. The third-order valence-corrected chi connectivity index (χ3v) is 5.11. The molecule has 0 aliphatic heterocycles. The summed E-state index contributed by atoms with van der Waals surface area (Å²) in [4.78, 5) is 14.8. The van der Waals surface area contributed by atoms with Gasteiger partial charge in [-0.1, -0.05) is 35.9 Å². The van der Waals surface area contributed by atoms with Crippen molar-refractivity contribution in [1.29, 1.82) is 0 Å². The van der Waals surface area contributed by atoms with Gasteiger partial charge in [-0.25, -0.2) is 0 Å². The highest BCUT2D eigenvalue weighted by Gasteiger charge is 2.18. The van der Waals surface area contributed by atoms with Crippen molar-refractivity contribution in [2.24, 2.45) is 0 Å². The van der Waals surface area contributed by atoms with Crippen molar-refractivity contribution in [2.75, 3.05) is 20.3 Å². The topological polar surface area (TPSA) is 56.6 Å². The minimum atomic E-state index is -0.0734. The Morgan fingerprint density at radius 1 is 1.17 bits per heavy atom. The molecule has 7 heteroatoms. The molecule has 0 fully saturated rings. The molecule has 0 saturated carbocycles. The van der Waals surface area contributed by atoms with Gasteiger partial charge < -0.3 is 14.4 Å². The SMILES string of the molecule is CCOc1ccc(CN(CC)C(=O)c2cnn(Cc3ccccc3Cl)c2)cc1OC. The molecule has 0 spiro atoms. The fourth-order valence-corrected chi connectivity index (χ4v) is 3.37. The first kappa shape index (κ1) is 21.7. The summed E-state index contributed by atoms with van der Waals surface area (Å²) >= 11 is 6.23. The van der Waals surface area contributed by atoms with Gasteiger partial charge in [0.1, 0.15) is 0 Å². The number of methoxy groups -OCH3 is 1. The summed E-state index contributed by atoms with van der Waals surface area (Å²) in [7, 11) is 1.61. The lowest BCUT2D eigenvalue weighted by atomic mass is 10.1.